The first-order valence-electron chi connectivity index (χ1n) is 8.13. The Bertz CT molecular complexity index is 497. The van der Waals surface area contributed by atoms with Gasteiger partial charge in [0, 0.05) is 38.4 Å². The summed E-state index contributed by atoms with van der Waals surface area (Å²) in [5.41, 5.74) is 2.07. The van der Waals surface area contributed by atoms with E-state index in [-0.39, 0.29) is 6.03 Å². The average Bonchev–Trinajstić information content (AvgIpc) is 2.99. The smallest absolute Gasteiger partial charge is 0.321 e. The predicted molar refractivity (Wildman–Crippen MR) is 87.1 cm³/mol. The lowest BCUT2D eigenvalue weighted by Crippen LogP contribution is -2.40. The van der Waals surface area contributed by atoms with Gasteiger partial charge in [-0.3, -0.25) is 4.90 Å². The zero-order valence-corrected chi connectivity index (χ0v) is 13.3. The molecule has 0 aromatic heterocycles. The van der Waals surface area contributed by atoms with Gasteiger partial charge in [0.25, 0.3) is 0 Å². The van der Waals surface area contributed by atoms with Gasteiger partial charge < -0.3 is 15.0 Å². The van der Waals surface area contributed by atoms with Gasteiger partial charge in [0.1, 0.15) is 0 Å². The summed E-state index contributed by atoms with van der Waals surface area (Å²) in [6, 6.07) is 7.96. The molecule has 5 heteroatoms. The van der Waals surface area contributed by atoms with Crippen LogP contribution in [-0.2, 0) is 4.74 Å². The lowest BCUT2D eigenvalue weighted by Gasteiger charge is -2.29. The predicted octanol–water partition coefficient (Wildman–Crippen LogP) is 2.18. The first-order valence-corrected chi connectivity index (χ1v) is 8.13. The third kappa shape index (κ3) is 3.99. The van der Waals surface area contributed by atoms with E-state index in [4.69, 9.17) is 4.74 Å². The summed E-state index contributed by atoms with van der Waals surface area (Å²) in [5, 5.41) is 2.99. The van der Waals surface area contributed by atoms with Crippen molar-refractivity contribution in [1.29, 1.82) is 0 Å². The molecule has 2 amide bonds. The molecule has 1 aromatic rings. The molecule has 3 rings (SSSR count). The van der Waals surface area contributed by atoms with Gasteiger partial charge in [-0.25, -0.2) is 4.79 Å². The van der Waals surface area contributed by atoms with Crippen molar-refractivity contribution in [2.24, 2.45) is 5.92 Å². The Morgan fingerprint density at radius 2 is 1.95 bits per heavy atom. The second-order valence-electron chi connectivity index (χ2n) is 6.31. The van der Waals surface area contributed by atoms with Crippen molar-refractivity contribution < 1.29 is 9.53 Å². The molecule has 120 valence electrons. The van der Waals surface area contributed by atoms with E-state index < -0.39 is 0 Å². The molecule has 2 aliphatic rings. The maximum absolute atomic E-state index is 12.3. The highest BCUT2D eigenvalue weighted by Gasteiger charge is 2.28. The molecule has 0 saturated carbocycles. The number of nitrogens with zero attached hydrogens (tertiary/aromatic N) is 2. The van der Waals surface area contributed by atoms with Gasteiger partial charge in [-0.2, -0.15) is 0 Å². The van der Waals surface area contributed by atoms with E-state index in [2.05, 4.69) is 10.2 Å². The zero-order chi connectivity index (χ0) is 15.4. The number of aryl methyl sites for hydroxylation is 1. The summed E-state index contributed by atoms with van der Waals surface area (Å²) in [6.45, 7) is 8.55. The van der Waals surface area contributed by atoms with Gasteiger partial charge in [0.05, 0.1) is 13.2 Å². The first kappa shape index (κ1) is 15.3. The van der Waals surface area contributed by atoms with Crippen molar-refractivity contribution in [2.45, 2.75) is 13.3 Å². The van der Waals surface area contributed by atoms with Gasteiger partial charge in [0.2, 0.25) is 0 Å². The second-order valence-corrected chi connectivity index (χ2v) is 6.31. The Kier molecular flexibility index (Phi) is 4.95. The number of carbonyl (C=O) groups excluding carboxylic acids is 1. The number of nitrogens with one attached hydrogen (secondary N) is 1. The lowest BCUT2D eigenvalue weighted by molar-refractivity contribution is 0.0314. The Balaban J connectivity index is 1.47. The van der Waals surface area contributed by atoms with E-state index in [1.54, 1.807) is 0 Å². The largest absolute Gasteiger partial charge is 0.379 e. The molecule has 1 aromatic carbocycles. The Morgan fingerprint density at radius 3 is 2.68 bits per heavy atom. The van der Waals surface area contributed by atoms with Gasteiger partial charge >= 0.3 is 6.03 Å². The number of urea groups is 1. The SMILES string of the molecule is Cc1ccc(NC(=O)N2CC[C@@H](CN3CCOCC3)C2)cc1. The summed E-state index contributed by atoms with van der Waals surface area (Å²) >= 11 is 0. The van der Waals surface area contributed by atoms with Crippen LogP contribution in [0.2, 0.25) is 0 Å². The van der Waals surface area contributed by atoms with Crippen LogP contribution in [0.25, 0.3) is 0 Å². The minimum absolute atomic E-state index is 0.0216. The number of likely N-dealkylation sites (tertiary alicyclic amines) is 1. The molecular weight excluding hydrogens is 278 g/mol. The molecule has 0 radical (unpaired) electrons. The van der Waals surface area contributed by atoms with E-state index in [9.17, 15) is 4.79 Å². The number of rotatable bonds is 3. The molecule has 22 heavy (non-hydrogen) atoms. The highest BCUT2D eigenvalue weighted by Crippen LogP contribution is 2.19. The lowest BCUT2D eigenvalue weighted by atomic mass is 10.1. The summed E-state index contributed by atoms with van der Waals surface area (Å²) in [7, 11) is 0. The van der Waals surface area contributed by atoms with Crippen molar-refractivity contribution in [2.75, 3.05) is 51.3 Å². The third-order valence-electron chi connectivity index (χ3n) is 4.50. The highest BCUT2D eigenvalue weighted by atomic mass is 16.5. The van der Waals surface area contributed by atoms with E-state index in [0.29, 0.717) is 5.92 Å². The molecule has 1 N–H and O–H groups in total. The quantitative estimate of drug-likeness (QED) is 0.931. The topological polar surface area (TPSA) is 44.8 Å². The third-order valence-corrected chi connectivity index (χ3v) is 4.50. The van der Waals surface area contributed by atoms with Crippen molar-refractivity contribution >= 4 is 11.7 Å². The number of benzene rings is 1. The van der Waals surface area contributed by atoms with Gasteiger partial charge in [-0.15, -0.1) is 0 Å². The summed E-state index contributed by atoms with van der Waals surface area (Å²) in [6.07, 6.45) is 1.10. The van der Waals surface area contributed by atoms with Crippen LogP contribution in [-0.4, -0.2) is 61.8 Å². The number of amides is 2. The molecular formula is C17H25N3O2. The van der Waals surface area contributed by atoms with Crippen LogP contribution in [0, 0.1) is 12.8 Å². The van der Waals surface area contributed by atoms with Crippen LogP contribution < -0.4 is 5.32 Å². The Hall–Kier alpha value is -1.59. The van der Waals surface area contributed by atoms with Gasteiger partial charge in [-0.1, -0.05) is 17.7 Å². The molecule has 1 atom stereocenters. The molecule has 0 spiro atoms. The molecule has 0 aliphatic carbocycles. The summed E-state index contributed by atoms with van der Waals surface area (Å²) in [4.78, 5) is 16.7. The number of ether oxygens (including phenoxy) is 1. The Morgan fingerprint density at radius 1 is 1.23 bits per heavy atom. The van der Waals surface area contributed by atoms with Crippen LogP contribution in [0.1, 0.15) is 12.0 Å². The number of morpholine rings is 1. The number of carbonyl (C=O) groups is 1. The zero-order valence-electron chi connectivity index (χ0n) is 13.3. The molecule has 0 bridgehead atoms. The maximum atomic E-state index is 12.3. The molecule has 0 unspecified atom stereocenters. The van der Waals surface area contributed by atoms with E-state index >= 15 is 0 Å². The number of anilines is 1. The minimum atomic E-state index is 0.0216. The standard InChI is InChI=1S/C17H25N3O2/c1-14-2-4-16(5-3-14)18-17(21)20-7-6-15(13-20)12-19-8-10-22-11-9-19/h2-5,15H,6-13H2,1H3,(H,18,21)/t15-/m0/s1. The molecule has 2 saturated heterocycles. The average molecular weight is 303 g/mol. The van der Waals surface area contributed by atoms with Gasteiger partial charge in [0.15, 0.2) is 0 Å². The van der Waals surface area contributed by atoms with Gasteiger partial charge in [-0.05, 0) is 31.4 Å². The fourth-order valence-corrected chi connectivity index (χ4v) is 3.15. The van der Waals surface area contributed by atoms with Crippen LogP contribution in [0.5, 0.6) is 0 Å². The van der Waals surface area contributed by atoms with E-state index in [1.165, 1.54) is 5.56 Å². The van der Waals surface area contributed by atoms with Crippen LogP contribution in [0.4, 0.5) is 10.5 Å². The van der Waals surface area contributed by atoms with Crippen molar-refractivity contribution in [3.05, 3.63) is 29.8 Å². The highest BCUT2D eigenvalue weighted by molar-refractivity contribution is 5.89. The van der Waals surface area contributed by atoms with E-state index in [0.717, 1.165) is 58.0 Å². The van der Waals surface area contributed by atoms with Crippen molar-refractivity contribution in [1.82, 2.24) is 9.80 Å². The molecule has 2 fully saturated rings. The molecule has 5 nitrogen and oxygen atoms in total. The fraction of sp³-hybridized carbons (Fsp3) is 0.588. The van der Waals surface area contributed by atoms with Crippen LogP contribution in [0.3, 0.4) is 0 Å². The Labute approximate surface area is 132 Å². The van der Waals surface area contributed by atoms with Crippen LogP contribution >= 0.6 is 0 Å². The molecule has 2 aliphatic heterocycles. The maximum Gasteiger partial charge on any atom is 0.321 e. The van der Waals surface area contributed by atoms with E-state index in [1.807, 2.05) is 36.1 Å². The van der Waals surface area contributed by atoms with Crippen molar-refractivity contribution in [3.8, 4) is 0 Å². The summed E-state index contributed by atoms with van der Waals surface area (Å²) in [5.74, 6) is 0.585. The summed E-state index contributed by atoms with van der Waals surface area (Å²) < 4.78 is 5.38. The number of hydrogen-bond donors (Lipinski definition) is 1. The monoisotopic (exact) mass is 303 g/mol. The minimum Gasteiger partial charge on any atom is -0.379 e. The first-order chi connectivity index (χ1) is 10.7. The fourth-order valence-electron chi connectivity index (χ4n) is 3.15. The van der Waals surface area contributed by atoms with Crippen molar-refractivity contribution in [3.63, 3.8) is 0 Å². The number of hydrogen-bond acceptors (Lipinski definition) is 3. The normalized spacial score (nSPS) is 22.8. The van der Waals surface area contributed by atoms with Crippen LogP contribution in [0.15, 0.2) is 24.3 Å². The second kappa shape index (κ2) is 7.11. The molecule has 2 heterocycles.